The molecule has 2 aromatic rings. The van der Waals surface area contributed by atoms with E-state index < -0.39 is 34.3 Å². The minimum Gasteiger partial charge on any atom is -0.507 e. The highest BCUT2D eigenvalue weighted by molar-refractivity contribution is 6.31. The van der Waals surface area contributed by atoms with Crippen LogP contribution in [0.5, 0.6) is 17.2 Å². The summed E-state index contributed by atoms with van der Waals surface area (Å²) in [6, 6.07) is 0. The highest BCUT2D eigenvalue weighted by Gasteiger charge is 2.56. The molecule has 4 N–H and O–H groups in total. The van der Waals surface area contributed by atoms with Gasteiger partial charge in [-0.2, -0.15) is 4.98 Å². The van der Waals surface area contributed by atoms with E-state index in [1.807, 2.05) is 13.8 Å². The predicted molar refractivity (Wildman–Crippen MR) is 136 cm³/mol. The molecule has 0 fully saturated rings. The molecular formula is C27H30N4O8. The van der Waals surface area contributed by atoms with Gasteiger partial charge in [0.25, 0.3) is 0 Å². The van der Waals surface area contributed by atoms with Crippen molar-refractivity contribution in [2.45, 2.75) is 65.8 Å². The molecule has 1 unspecified atom stereocenters. The van der Waals surface area contributed by atoms with Gasteiger partial charge in [-0.1, -0.05) is 19.0 Å². The number of ketones is 3. The minimum atomic E-state index is -1.61. The first kappa shape index (κ1) is 27.6. The van der Waals surface area contributed by atoms with Crippen molar-refractivity contribution in [3.05, 3.63) is 51.5 Å². The number of carbonyl (C=O) groups excluding carboxylic acids is 4. The molecule has 1 aromatic heterocycles. The molecule has 2 aliphatic rings. The quantitative estimate of drug-likeness (QED) is 0.220. The summed E-state index contributed by atoms with van der Waals surface area (Å²) in [5.41, 5.74) is -1.68. The summed E-state index contributed by atoms with van der Waals surface area (Å²) in [6.45, 7) is 9.70. The molecule has 1 aromatic carbocycles. The largest absolute Gasteiger partial charge is 0.507 e. The van der Waals surface area contributed by atoms with Crippen molar-refractivity contribution in [3.63, 3.8) is 0 Å². The van der Waals surface area contributed by atoms with Crippen LogP contribution < -0.4 is 15.4 Å². The number of fused-ring (bicyclic) bond motifs is 3. The maximum Gasteiger partial charge on any atom is 0.246 e. The summed E-state index contributed by atoms with van der Waals surface area (Å²) in [5, 5.41) is 30.8. The maximum atomic E-state index is 13.8. The molecule has 12 heteroatoms. The summed E-state index contributed by atoms with van der Waals surface area (Å²) in [7, 11) is 0. The predicted octanol–water partition coefficient (Wildman–Crippen LogP) is 2.37. The van der Waals surface area contributed by atoms with E-state index in [4.69, 9.17) is 9.26 Å². The number of ether oxygens (including phenoxy) is 1. The Morgan fingerprint density at radius 2 is 1.82 bits per heavy atom. The number of aromatic nitrogens is 2. The van der Waals surface area contributed by atoms with E-state index in [0.29, 0.717) is 5.82 Å². The third-order valence-electron chi connectivity index (χ3n) is 6.94. The number of aromatic hydroxyl groups is 2. The van der Waals surface area contributed by atoms with Crippen LogP contribution in [0.3, 0.4) is 0 Å². The van der Waals surface area contributed by atoms with E-state index in [0.717, 1.165) is 6.08 Å². The van der Waals surface area contributed by atoms with Gasteiger partial charge in [-0.3, -0.25) is 19.2 Å². The first-order valence-electron chi connectivity index (χ1n) is 12.4. The average Bonchev–Trinajstić information content (AvgIpc) is 3.45. The Balaban J connectivity index is 1.52. The Hall–Kier alpha value is -4.48. The van der Waals surface area contributed by atoms with E-state index in [-0.39, 0.29) is 76.7 Å². The van der Waals surface area contributed by atoms with Gasteiger partial charge in [0.2, 0.25) is 11.8 Å². The van der Waals surface area contributed by atoms with Crippen LogP contribution in [0, 0.1) is 6.92 Å². The number of phenols is 2. The van der Waals surface area contributed by atoms with Gasteiger partial charge in [0.05, 0.1) is 17.7 Å². The fourth-order valence-corrected chi connectivity index (χ4v) is 4.65. The van der Waals surface area contributed by atoms with Crippen molar-refractivity contribution in [1.29, 1.82) is 0 Å². The maximum absolute atomic E-state index is 13.8. The van der Waals surface area contributed by atoms with Crippen LogP contribution in [0.4, 0.5) is 0 Å². The highest BCUT2D eigenvalue weighted by atomic mass is 16.5. The van der Waals surface area contributed by atoms with Gasteiger partial charge in [-0.05, 0) is 27.7 Å². The molecule has 39 heavy (non-hydrogen) atoms. The number of amides is 1. The van der Waals surface area contributed by atoms with E-state index in [9.17, 15) is 29.4 Å². The molecule has 12 nitrogen and oxygen atoms in total. The van der Waals surface area contributed by atoms with Crippen LogP contribution in [0.15, 0.2) is 27.6 Å². The monoisotopic (exact) mass is 538 g/mol. The third kappa shape index (κ3) is 4.55. The normalized spacial score (nSPS) is 19.3. The molecule has 4 rings (SSSR count). The van der Waals surface area contributed by atoms with Crippen molar-refractivity contribution < 1.29 is 38.7 Å². The van der Waals surface area contributed by atoms with E-state index >= 15 is 0 Å². The lowest BCUT2D eigenvalue weighted by Crippen LogP contribution is -2.41. The van der Waals surface area contributed by atoms with Gasteiger partial charge in [0.1, 0.15) is 34.0 Å². The van der Waals surface area contributed by atoms with Crippen LogP contribution in [0.2, 0.25) is 0 Å². The topological polar surface area (TPSA) is 181 Å². The number of benzene rings is 1. The summed E-state index contributed by atoms with van der Waals surface area (Å²) in [5.74, 6) is -2.24. The molecule has 0 bridgehead atoms. The summed E-state index contributed by atoms with van der Waals surface area (Å²) in [6.07, 6.45) is 1.17. The van der Waals surface area contributed by atoms with Crippen LogP contribution in [0.25, 0.3) is 0 Å². The lowest BCUT2D eigenvalue weighted by atomic mass is 9.70. The minimum absolute atomic E-state index is 0.0121. The molecule has 1 atom stereocenters. The van der Waals surface area contributed by atoms with Crippen molar-refractivity contribution in [2.24, 2.45) is 0 Å². The Kier molecular flexibility index (Phi) is 7.07. The zero-order chi connectivity index (χ0) is 28.8. The van der Waals surface area contributed by atoms with Gasteiger partial charge in [-0.15, -0.1) is 0 Å². The number of hydrogen-bond acceptors (Lipinski definition) is 11. The Labute approximate surface area is 224 Å². The van der Waals surface area contributed by atoms with Crippen LogP contribution >= 0.6 is 0 Å². The zero-order valence-corrected chi connectivity index (χ0v) is 22.5. The number of Topliss-reactive ketones (excluding diaryl/α,β-unsaturated/α-hetero) is 2. The van der Waals surface area contributed by atoms with Gasteiger partial charge < -0.3 is 30.1 Å². The van der Waals surface area contributed by atoms with E-state index in [1.54, 1.807) is 0 Å². The smallest absolute Gasteiger partial charge is 0.246 e. The third-order valence-corrected chi connectivity index (χ3v) is 6.94. The molecule has 0 saturated carbocycles. The lowest BCUT2D eigenvalue weighted by molar-refractivity contribution is -0.124. The first-order valence-corrected chi connectivity index (χ1v) is 12.4. The van der Waals surface area contributed by atoms with Crippen LogP contribution in [-0.4, -0.2) is 50.2 Å². The Morgan fingerprint density at radius 3 is 2.44 bits per heavy atom. The summed E-state index contributed by atoms with van der Waals surface area (Å²) < 4.78 is 10.8. The molecular weight excluding hydrogens is 508 g/mol. The first-order chi connectivity index (χ1) is 18.3. The second-order valence-electron chi connectivity index (χ2n) is 10.0. The number of allylic oxidation sites excluding steroid dienone is 4. The molecule has 0 spiro atoms. The fraction of sp³-hybridized carbons (Fsp3) is 0.407. The number of hydrogen-bond donors (Lipinski definition) is 4. The highest BCUT2D eigenvalue weighted by Crippen LogP contribution is 2.57. The fourth-order valence-electron chi connectivity index (χ4n) is 4.65. The van der Waals surface area contributed by atoms with Crippen molar-refractivity contribution >= 4 is 23.3 Å². The SMILES string of the molecule is CC(=O)c1c(O)c(C)c(O)c2c1OC1=CC(=O)C(=C(C)NCCC(=O)NCc3nc(C(C)C)no3)C(=O)C12C. The van der Waals surface area contributed by atoms with Crippen molar-refractivity contribution in [2.75, 3.05) is 6.54 Å². The van der Waals surface area contributed by atoms with Crippen molar-refractivity contribution in [1.82, 2.24) is 20.8 Å². The standard InChI is InChI=1S/C27H30N4O8/c1-11(2)26-30-18(39-31-26)10-29-17(34)7-8-28-13(4)19-15(33)9-16-27(6,25(19)37)21-23(36)12(3)22(35)20(14(5)32)24(21)38-16/h9,11,28,35-36H,7-8,10H2,1-6H3,(H,29,34). The molecule has 2 heterocycles. The Morgan fingerprint density at radius 1 is 1.13 bits per heavy atom. The van der Waals surface area contributed by atoms with Crippen molar-refractivity contribution in [3.8, 4) is 17.2 Å². The number of nitrogens with one attached hydrogen (secondary N) is 2. The van der Waals surface area contributed by atoms with Crippen LogP contribution in [0.1, 0.15) is 80.2 Å². The number of carbonyl (C=O) groups is 4. The summed E-state index contributed by atoms with van der Waals surface area (Å²) >= 11 is 0. The Bertz CT molecular complexity index is 1480. The number of phenolic OH excluding ortho intramolecular Hbond substituents is 2. The molecule has 206 valence electrons. The van der Waals surface area contributed by atoms with Crippen LogP contribution in [-0.2, 0) is 26.3 Å². The van der Waals surface area contributed by atoms with E-state index in [1.165, 1.54) is 27.7 Å². The molecule has 1 aliphatic heterocycles. The lowest BCUT2D eigenvalue weighted by Gasteiger charge is -2.29. The number of rotatable bonds is 8. The molecule has 1 amide bonds. The second-order valence-corrected chi connectivity index (χ2v) is 10.0. The zero-order valence-electron chi connectivity index (χ0n) is 22.5. The summed E-state index contributed by atoms with van der Waals surface area (Å²) in [4.78, 5) is 55.5. The van der Waals surface area contributed by atoms with E-state index in [2.05, 4.69) is 20.8 Å². The molecule has 0 saturated heterocycles. The average molecular weight is 539 g/mol. The van der Waals surface area contributed by atoms with Gasteiger partial charge in [0.15, 0.2) is 23.2 Å². The number of nitrogens with zero attached hydrogens (tertiary/aromatic N) is 2. The van der Waals surface area contributed by atoms with Gasteiger partial charge >= 0.3 is 0 Å². The van der Waals surface area contributed by atoms with Gasteiger partial charge in [-0.25, -0.2) is 0 Å². The second kappa shape index (κ2) is 10.0. The molecule has 1 aliphatic carbocycles. The molecule has 0 radical (unpaired) electrons. The van der Waals surface area contributed by atoms with Gasteiger partial charge in [0, 0.05) is 36.2 Å².